The third kappa shape index (κ3) is 4.67. The fourth-order valence-corrected chi connectivity index (χ4v) is 5.11. The number of nitrogens with one attached hydrogen (secondary N) is 1. The molecule has 1 heterocycles. The van der Waals surface area contributed by atoms with E-state index in [9.17, 15) is 9.59 Å². The molecule has 1 amide bonds. The number of fused-ring (bicyclic) bond motifs is 2. The second kappa shape index (κ2) is 9.66. The molecule has 6 nitrogen and oxygen atoms in total. The number of carbonyl (C=O) groups excluding carboxylic acids is 1. The highest BCUT2D eigenvalue weighted by Crippen LogP contribution is 2.29. The summed E-state index contributed by atoms with van der Waals surface area (Å²) < 4.78 is 6.90. The standard InChI is InChI=1S/C24H27N3O3S/c1-16(14-30-2)27-23(29)19-11-5-6-12-21(19)26-24(27)31-15-22(28)25-20-13-7-9-17-8-3-4-10-18(17)20/h3-6,8,10-12,16,20H,7,9,13-15H2,1-2H3,(H,25,28)/t16-,20-/m1/s1. The highest BCUT2D eigenvalue weighted by Gasteiger charge is 2.22. The van der Waals surface area contributed by atoms with E-state index in [1.165, 1.54) is 22.9 Å². The summed E-state index contributed by atoms with van der Waals surface area (Å²) in [6.45, 7) is 2.31. The van der Waals surface area contributed by atoms with E-state index in [4.69, 9.17) is 4.74 Å². The lowest BCUT2D eigenvalue weighted by molar-refractivity contribution is -0.119. The van der Waals surface area contributed by atoms with Crippen LogP contribution < -0.4 is 10.9 Å². The van der Waals surface area contributed by atoms with Crippen LogP contribution in [0.4, 0.5) is 0 Å². The molecule has 0 spiro atoms. The van der Waals surface area contributed by atoms with Gasteiger partial charge in [0.15, 0.2) is 5.16 Å². The van der Waals surface area contributed by atoms with Crippen molar-refractivity contribution in [3.05, 3.63) is 70.0 Å². The number of rotatable bonds is 7. The minimum Gasteiger partial charge on any atom is -0.383 e. The van der Waals surface area contributed by atoms with Gasteiger partial charge in [-0.1, -0.05) is 48.2 Å². The van der Waals surface area contributed by atoms with Gasteiger partial charge in [-0.05, 0) is 49.4 Å². The molecule has 3 aromatic rings. The number of amides is 1. The third-order valence-electron chi connectivity index (χ3n) is 5.66. The van der Waals surface area contributed by atoms with E-state index < -0.39 is 0 Å². The van der Waals surface area contributed by atoms with Gasteiger partial charge < -0.3 is 10.1 Å². The van der Waals surface area contributed by atoms with Gasteiger partial charge in [0.05, 0.1) is 35.3 Å². The van der Waals surface area contributed by atoms with Crippen molar-refractivity contribution in [1.82, 2.24) is 14.9 Å². The molecule has 0 aliphatic heterocycles. The van der Waals surface area contributed by atoms with Crippen molar-refractivity contribution in [3.8, 4) is 0 Å². The SMILES string of the molecule is COC[C@@H](C)n1c(SCC(=O)N[C@@H]2CCCc3ccccc32)nc2ccccc2c1=O. The number of para-hydroxylation sites is 1. The average Bonchev–Trinajstić information content (AvgIpc) is 2.78. The van der Waals surface area contributed by atoms with Crippen LogP contribution in [-0.2, 0) is 16.0 Å². The number of nitrogens with zero attached hydrogens (tertiary/aromatic N) is 2. The molecule has 0 unspecified atom stereocenters. The highest BCUT2D eigenvalue weighted by atomic mass is 32.2. The Morgan fingerprint density at radius 3 is 2.87 bits per heavy atom. The second-order valence-electron chi connectivity index (χ2n) is 7.89. The molecule has 31 heavy (non-hydrogen) atoms. The van der Waals surface area contributed by atoms with E-state index in [0.717, 1.165) is 19.3 Å². The summed E-state index contributed by atoms with van der Waals surface area (Å²) >= 11 is 1.29. The van der Waals surface area contributed by atoms with Crippen molar-refractivity contribution in [3.63, 3.8) is 0 Å². The molecule has 1 aliphatic rings. The lowest BCUT2D eigenvalue weighted by Crippen LogP contribution is -2.33. The van der Waals surface area contributed by atoms with Crippen molar-refractivity contribution in [2.75, 3.05) is 19.5 Å². The van der Waals surface area contributed by atoms with Gasteiger partial charge in [-0.15, -0.1) is 0 Å². The molecule has 0 saturated carbocycles. The van der Waals surface area contributed by atoms with E-state index in [-0.39, 0.29) is 29.3 Å². The van der Waals surface area contributed by atoms with Crippen LogP contribution in [0.1, 0.15) is 43.0 Å². The molecule has 0 bridgehead atoms. The number of hydrogen-bond donors (Lipinski definition) is 1. The molecule has 1 aromatic heterocycles. The summed E-state index contributed by atoms with van der Waals surface area (Å²) in [4.78, 5) is 30.6. The molecule has 7 heteroatoms. The maximum Gasteiger partial charge on any atom is 0.262 e. The Labute approximate surface area is 186 Å². The first-order valence-electron chi connectivity index (χ1n) is 10.6. The monoisotopic (exact) mass is 437 g/mol. The number of methoxy groups -OCH3 is 1. The molecule has 162 valence electrons. The number of thioether (sulfide) groups is 1. The summed E-state index contributed by atoms with van der Waals surface area (Å²) in [5.74, 6) is 0.142. The summed E-state index contributed by atoms with van der Waals surface area (Å²) in [5, 5.41) is 4.27. The van der Waals surface area contributed by atoms with Crippen LogP contribution in [0.3, 0.4) is 0 Å². The van der Waals surface area contributed by atoms with E-state index in [2.05, 4.69) is 22.4 Å². The molecule has 0 saturated heterocycles. The van der Waals surface area contributed by atoms with Gasteiger partial charge >= 0.3 is 0 Å². The Morgan fingerprint density at radius 2 is 2.03 bits per heavy atom. The van der Waals surface area contributed by atoms with Gasteiger partial charge in [0.1, 0.15) is 0 Å². The van der Waals surface area contributed by atoms with Crippen LogP contribution in [0.2, 0.25) is 0 Å². The van der Waals surface area contributed by atoms with Crippen molar-refractivity contribution in [2.45, 2.75) is 43.4 Å². The van der Waals surface area contributed by atoms with Gasteiger partial charge in [-0.25, -0.2) is 4.98 Å². The summed E-state index contributed by atoms with van der Waals surface area (Å²) in [5.41, 5.74) is 3.04. The van der Waals surface area contributed by atoms with Crippen molar-refractivity contribution in [2.24, 2.45) is 0 Å². The van der Waals surface area contributed by atoms with Crippen molar-refractivity contribution >= 4 is 28.6 Å². The van der Waals surface area contributed by atoms with Crippen molar-refractivity contribution < 1.29 is 9.53 Å². The minimum atomic E-state index is -0.189. The summed E-state index contributed by atoms with van der Waals surface area (Å²) in [6.07, 6.45) is 3.06. The molecule has 1 N–H and O–H groups in total. The van der Waals surface area contributed by atoms with Crippen LogP contribution in [0, 0.1) is 0 Å². The first-order chi connectivity index (χ1) is 15.1. The normalized spacial score (nSPS) is 16.6. The molecule has 4 rings (SSSR count). The number of carbonyl (C=O) groups is 1. The van der Waals surface area contributed by atoms with E-state index in [0.29, 0.717) is 22.7 Å². The van der Waals surface area contributed by atoms with Crippen molar-refractivity contribution in [1.29, 1.82) is 0 Å². The quantitative estimate of drug-likeness (QED) is 0.448. The lowest BCUT2D eigenvalue weighted by Gasteiger charge is -2.26. The first kappa shape index (κ1) is 21.6. The Morgan fingerprint density at radius 1 is 1.26 bits per heavy atom. The summed E-state index contributed by atoms with van der Waals surface area (Å²) in [6, 6.07) is 15.4. The third-order valence-corrected chi connectivity index (χ3v) is 6.61. The number of ether oxygens (including phenoxy) is 1. The molecule has 0 fully saturated rings. The fourth-order valence-electron chi connectivity index (χ4n) is 4.20. The lowest BCUT2D eigenvalue weighted by atomic mass is 9.88. The zero-order valence-electron chi connectivity index (χ0n) is 17.8. The zero-order chi connectivity index (χ0) is 21.8. The van der Waals surface area contributed by atoms with Crippen LogP contribution >= 0.6 is 11.8 Å². The van der Waals surface area contributed by atoms with Gasteiger partial charge in [-0.2, -0.15) is 0 Å². The van der Waals surface area contributed by atoms with E-state index >= 15 is 0 Å². The van der Waals surface area contributed by atoms with E-state index in [1.54, 1.807) is 17.7 Å². The van der Waals surface area contributed by atoms with Gasteiger partial charge in [0.25, 0.3) is 5.56 Å². The van der Waals surface area contributed by atoms with Crippen LogP contribution in [0.15, 0.2) is 58.5 Å². The topological polar surface area (TPSA) is 73.2 Å². The smallest absolute Gasteiger partial charge is 0.262 e. The number of aromatic nitrogens is 2. The Balaban J connectivity index is 1.54. The largest absolute Gasteiger partial charge is 0.383 e. The molecular formula is C24H27N3O3S. The number of aryl methyl sites for hydroxylation is 1. The van der Waals surface area contributed by atoms with Gasteiger partial charge in [0, 0.05) is 7.11 Å². The molecular weight excluding hydrogens is 410 g/mol. The van der Waals surface area contributed by atoms with Gasteiger partial charge in [-0.3, -0.25) is 14.2 Å². The predicted octanol–water partition coefficient (Wildman–Crippen LogP) is 3.89. The second-order valence-corrected chi connectivity index (χ2v) is 8.83. The minimum absolute atomic E-state index is 0.0391. The highest BCUT2D eigenvalue weighted by molar-refractivity contribution is 7.99. The summed E-state index contributed by atoms with van der Waals surface area (Å²) in [7, 11) is 1.61. The maximum absolute atomic E-state index is 13.1. The maximum atomic E-state index is 13.1. The Bertz CT molecular complexity index is 1140. The predicted molar refractivity (Wildman–Crippen MR) is 124 cm³/mol. The van der Waals surface area contributed by atoms with Crippen LogP contribution in [0.25, 0.3) is 10.9 Å². The van der Waals surface area contributed by atoms with Crippen LogP contribution in [0.5, 0.6) is 0 Å². The van der Waals surface area contributed by atoms with E-state index in [1.807, 2.05) is 37.3 Å². The average molecular weight is 438 g/mol. The Hall–Kier alpha value is -2.64. The zero-order valence-corrected chi connectivity index (χ0v) is 18.7. The number of hydrogen-bond acceptors (Lipinski definition) is 5. The molecule has 2 atom stereocenters. The molecule has 1 aliphatic carbocycles. The number of benzene rings is 2. The first-order valence-corrected chi connectivity index (χ1v) is 11.6. The van der Waals surface area contributed by atoms with Gasteiger partial charge in [0.2, 0.25) is 5.91 Å². The molecule has 0 radical (unpaired) electrons. The molecule has 2 aromatic carbocycles. The Kier molecular flexibility index (Phi) is 6.73. The fraction of sp³-hybridized carbons (Fsp3) is 0.375. The van der Waals surface area contributed by atoms with Crippen LogP contribution in [-0.4, -0.2) is 34.9 Å².